The van der Waals surface area contributed by atoms with E-state index in [0.717, 1.165) is 10.9 Å². The Kier molecular flexibility index (Phi) is 5.74. The van der Waals surface area contributed by atoms with Gasteiger partial charge in [-0.25, -0.2) is 12.8 Å². The fourth-order valence-electron chi connectivity index (χ4n) is 2.99. The van der Waals surface area contributed by atoms with Gasteiger partial charge < -0.3 is 5.32 Å². The molecule has 5 nitrogen and oxygen atoms in total. The maximum atomic E-state index is 13.3. The number of hydrogen-bond acceptors (Lipinski definition) is 3. The lowest BCUT2D eigenvalue weighted by Crippen LogP contribution is -2.49. The third-order valence-corrected chi connectivity index (χ3v) is 6.72. The lowest BCUT2D eigenvalue weighted by Gasteiger charge is -2.33. The predicted octanol–water partition coefficient (Wildman–Crippen LogP) is 3.77. The number of nitrogens with one attached hydrogen (secondary N) is 1. The van der Waals surface area contributed by atoms with Gasteiger partial charge in [-0.15, -0.1) is 0 Å². The normalized spacial score (nSPS) is 18.5. The van der Waals surface area contributed by atoms with Gasteiger partial charge in [0.2, 0.25) is 15.9 Å². The maximum absolute atomic E-state index is 13.3. The van der Waals surface area contributed by atoms with E-state index in [2.05, 4.69) is 21.2 Å². The van der Waals surface area contributed by atoms with Crippen molar-refractivity contribution in [3.63, 3.8) is 0 Å². The largest absolute Gasteiger partial charge is 0.325 e. The molecule has 138 valence electrons. The van der Waals surface area contributed by atoms with Crippen LogP contribution in [0.5, 0.6) is 0 Å². The van der Waals surface area contributed by atoms with Gasteiger partial charge >= 0.3 is 0 Å². The summed E-state index contributed by atoms with van der Waals surface area (Å²) in [4.78, 5) is 12.8. The highest BCUT2D eigenvalue weighted by atomic mass is 79.9. The summed E-state index contributed by atoms with van der Waals surface area (Å²) in [6.45, 7) is 0.277. The number of amides is 1. The minimum absolute atomic E-state index is 0.145. The highest BCUT2D eigenvalue weighted by molar-refractivity contribution is 9.10. The Hall–Kier alpha value is -1.77. The Bertz CT molecular complexity index is 903. The van der Waals surface area contributed by atoms with Crippen LogP contribution in [-0.2, 0) is 14.8 Å². The van der Waals surface area contributed by atoms with Gasteiger partial charge in [-0.05, 0) is 55.3 Å². The second kappa shape index (κ2) is 7.85. The summed E-state index contributed by atoms with van der Waals surface area (Å²) in [7, 11) is -3.80. The molecule has 3 rings (SSSR count). The van der Waals surface area contributed by atoms with E-state index >= 15 is 0 Å². The third-order valence-electron chi connectivity index (χ3n) is 4.27. The SMILES string of the molecule is O=C(Nc1cccc(F)c1)C1CCCCN1S(=O)(=O)c1ccc(Br)cc1. The summed E-state index contributed by atoms with van der Waals surface area (Å²) in [5.41, 5.74) is 0.307. The molecule has 1 amide bonds. The average molecular weight is 441 g/mol. The summed E-state index contributed by atoms with van der Waals surface area (Å²) in [5.74, 6) is -0.915. The van der Waals surface area contributed by atoms with Gasteiger partial charge in [0.25, 0.3) is 0 Å². The molecule has 1 aliphatic heterocycles. The van der Waals surface area contributed by atoms with E-state index in [4.69, 9.17) is 0 Å². The minimum atomic E-state index is -3.80. The maximum Gasteiger partial charge on any atom is 0.243 e. The molecule has 0 spiro atoms. The molecule has 0 saturated carbocycles. The average Bonchev–Trinajstić information content (AvgIpc) is 2.62. The Balaban J connectivity index is 1.85. The molecule has 26 heavy (non-hydrogen) atoms. The van der Waals surface area contributed by atoms with Crippen molar-refractivity contribution < 1.29 is 17.6 Å². The monoisotopic (exact) mass is 440 g/mol. The standard InChI is InChI=1S/C18H18BrFN2O3S/c19-13-7-9-16(10-8-13)26(24,25)22-11-2-1-6-17(22)18(23)21-15-5-3-4-14(20)12-15/h3-5,7-10,12,17H,1-2,6,11H2,(H,21,23). The second-order valence-electron chi connectivity index (χ2n) is 6.08. The first-order chi connectivity index (χ1) is 12.4. The van der Waals surface area contributed by atoms with Gasteiger partial charge in [0.05, 0.1) is 4.90 Å². The fraction of sp³-hybridized carbons (Fsp3) is 0.278. The highest BCUT2D eigenvalue weighted by Gasteiger charge is 2.37. The van der Waals surface area contributed by atoms with Gasteiger partial charge in [-0.3, -0.25) is 4.79 Å². The van der Waals surface area contributed by atoms with Crippen molar-refractivity contribution in [2.75, 3.05) is 11.9 Å². The molecule has 2 aromatic carbocycles. The quantitative estimate of drug-likeness (QED) is 0.786. The van der Waals surface area contributed by atoms with Crippen molar-refractivity contribution in [2.45, 2.75) is 30.2 Å². The number of sulfonamides is 1. The molecule has 0 bridgehead atoms. The van der Waals surface area contributed by atoms with E-state index in [1.165, 1.54) is 34.6 Å². The van der Waals surface area contributed by atoms with Crippen LogP contribution >= 0.6 is 15.9 Å². The number of benzene rings is 2. The molecule has 1 saturated heterocycles. The van der Waals surface area contributed by atoms with Crippen LogP contribution in [-0.4, -0.2) is 31.2 Å². The van der Waals surface area contributed by atoms with Gasteiger partial charge in [0.15, 0.2) is 0 Å². The summed E-state index contributed by atoms with van der Waals surface area (Å²) in [6, 6.07) is 11.0. The zero-order chi connectivity index (χ0) is 18.7. The van der Waals surface area contributed by atoms with E-state index in [1.807, 2.05) is 0 Å². The number of carbonyl (C=O) groups excluding carboxylic acids is 1. The van der Waals surface area contributed by atoms with Crippen molar-refractivity contribution in [1.29, 1.82) is 0 Å². The molecule has 1 fully saturated rings. The first kappa shape index (κ1) is 19.0. The molecular weight excluding hydrogens is 423 g/mol. The van der Waals surface area contributed by atoms with Crippen molar-refractivity contribution in [2.24, 2.45) is 0 Å². The van der Waals surface area contributed by atoms with Crippen LogP contribution in [0.15, 0.2) is 57.9 Å². The lowest BCUT2D eigenvalue weighted by atomic mass is 10.0. The first-order valence-electron chi connectivity index (χ1n) is 8.22. The fourth-order valence-corrected chi connectivity index (χ4v) is 4.91. The summed E-state index contributed by atoms with van der Waals surface area (Å²) < 4.78 is 41.3. The second-order valence-corrected chi connectivity index (χ2v) is 8.89. The van der Waals surface area contributed by atoms with E-state index in [0.29, 0.717) is 18.5 Å². The van der Waals surface area contributed by atoms with Crippen LogP contribution in [0, 0.1) is 5.82 Å². The summed E-state index contributed by atoms with van der Waals surface area (Å²) in [5, 5.41) is 2.62. The summed E-state index contributed by atoms with van der Waals surface area (Å²) >= 11 is 3.28. The number of piperidine rings is 1. The zero-order valence-electron chi connectivity index (χ0n) is 13.9. The Morgan fingerprint density at radius 2 is 1.88 bits per heavy atom. The molecule has 8 heteroatoms. The number of carbonyl (C=O) groups is 1. The van der Waals surface area contributed by atoms with Crippen LogP contribution in [0.2, 0.25) is 0 Å². The van der Waals surface area contributed by atoms with Crippen LogP contribution < -0.4 is 5.32 Å². The van der Waals surface area contributed by atoms with Crippen molar-refractivity contribution in [3.8, 4) is 0 Å². The minimum Gasteiger partial charge on any atom is -0.325 e. The van der Waals surface area contributed by atoms with Crippen LogP contribution in [0.3, 0.4) is 0 Å². The molecule has 0 radical (unpaired) electrons. The molecule has 1 aliphatic rings. The topological polar surface area (TPSA) is 66.5 Å². The molecule has 1 atom stereocenters. The molecule has 0 aromatic heterocycles. The Labute approximate surface area is 160 Å². The van der Waals surface area contributed by atoms with Gasteiger partial charge in [0.1, 0.15) is 11.9 Å². The molecule has 1 unspecified atom stereocenters. The van der Waals surface area contributed by atoms with E-state index in [9.17, 15) is 17.6 Å². The van der Waals surface area contributed by atoms with Gasteiger partial charge in [0, 0.05) is 16.7 Å². The van der Waals surface area contributed by atoms with Gasteiger partial charge in [-0.2, -0.15) is 4.31 Å². The van der Waals surface area contributed by atoms with E-state index < -0.39 is 27.8 Å². The van der Waals surface area contributed by atoms with E-state index in [-0.39, 0.29) is 11.4 Å². The Morgan fingerprint density at radius 1 is 1.15 bits per heavy atom. The highest BCUT2D eigenvalue weighted by Crippen LogP contribution is 2.27. The molecule has 1 N–H and O–H groups in total. The molecule has 2 aromatic rings. The summed E-state index contributed by atoms with van der Waals surface area (Å²) in [6.07, 6.45) is 1.88. The number of halogens is 2. The zero-order valence-corrected chi connectivity index (χ0v) is 16.3. The lowest BCUT2D eigenvalue weighted by molar-refractivity contribution is -0.120. The molecular formula is C18H18BrFN2O3S. The van der Waals surface area contributed by atoms with Crippen molar-refractivity contribution in [1.82, 2.24) is 4.31 Å². The van der Waals surface area contributed by atoms with Crippen molar-refractivity contribution in [3.05, 3.63) is 58.8 Å². The molecule has 1 heterocycles. The van der Waals surface area contributed by atoms with Crippen molar-refractivity contribution >= 4 is 37.5 Å². The number of rotatable bonds is 4. The van der Waals surface area contributed by atoms with Crippen LogP contribution in [0.25, 0.3) is 0 Å². The van der Waals surface area contributed by atoms with Crippen LogP contribution in [0.1, 0.15) is 19.3 Å². The number of nitrogens with zero attached hydrogens (tertiary/aromatic N) is 1. The third kappa shape index (κ3) is 4.13. The van der Waals surface area contributed by atoms with Gasteiger partial charge in [-0.1, -0.05) is 28.4 Å². The number of hydrogen-bond donors (Lipinski definition) is 1. The smallest absolute Gasteiger partial charge is 0.243 e. The first-order valence-corrected chi connectivity index (χ1v) is 10.4. The predicted molar refractivity (Wildman–Crippen MR) is 101 cm³/mol. The number of anilines is 1. The van der Waals surface area contributed by atoms with E-state index in [1.54, 1.807) is 18.2 Å². The Morgan fingerprint density at radius 3 is 2.58 bits per heavy atom. The van der Waals surface area contributed by atoms with Crippen LogP contribution in [0.4, 0.5) is 10.1 Å². The molecule has 0 aliphatic carbocycles.